The van der Waals surface area contributed by atoms with Crippen LogP contribution in [0.2, 0.25) is 0 Å². The van der Waals surface area contributed by atoms with Crippen molar-refractivity contribution in [1.82, 2.24) is 4.90 Å². The number of hydrogen-bond donors (Lipinski definition) is 0. The van der Waals surface area contributed by atoms with Gasteiger partial charge in [-0.15, -0.1) is 11.6 Å². The van der Waals surface area contributed by atoms with Crippen LogP contribution in [0, 0.1) is 11.8 Å². The summed E-state index contributed by atoms with van der Waals surface area (Å²) >= 11 is 5.47. The standard InChI is InChI=1S/C8H12ClNO/c9-2-1-8(11)10-4-6-3-7(6)5-10/h6-7H,1-5H2. The summed E-state index contributed by atoms with van der Waals surface area (Å²) in [5, 5.41) is 0. The second kappa shape index (κ2) is 2.67. The van der Waals surface area contributed by atoms with E-state index in [-0.39, 0.29) is 5.91 Å². The second-order valence-corrected chi connectivity index (χ2v) is 3.87. The number of fused-ring (bicyclic) bond motifs is 1. The van der Waals surface area contributed by atoms with Crippen molar-refractivity contribution in [3.05, 3.63) is 0 Å². The quantitative estimate of drug-likeness (QED) is 0.573. The lowest BCUT2D eigenvalue weighted by atomic mass is 10.3. The van der Waals surface area contributed by atoms with Crippen molar-refractivity contribution < 1.29 is 4.79 Å². The Morgan fingerprint density at radius 3 is 2.64 bits per heavy atom. The van der Waals surface area contributed by atoms with Crippen molar-refractivity contribution >= 4 is 17.5 Å². The van der Waals surface area contributed by atoms with Gasteiger partial charge in [0, 0.05) is 25.4 Å². The number of amides is 1. The molecule has 62 valence electrons. The molecule has 0 aromatic carbocycles. The summed E-state index contributed by atoms with van der Waals surface area (Å²) in [6, 6.07) is 0. The molecule has 3 heteroatoms. The molecule has 2 rings (SSSR count). The molecule has 1 saturated heterocycles. The van der Waals surface area contributed by atoms with Gasteiger partial charge >= 0.3 is 0 Å². The number of nitrogens with zero attached hydrogens (tertiary/aromatic N) is 1. The van der Waals surface area contributed by atoms with Crippen LogP contribution >= 0.6 is 11.6 Å². The van der Waals surface area contributed by atoms with Crippen molar-refractivity contribution in [2.24, 2.45) is 11.8 Å². The molecule has 0 radical (unpaired) electrons. The molecule has 1 aliphatic carbocycles. The van der Waals surface area contributed by atoms with Crippen molar-refractivity contribution in [2.45, 2.75) is 12.8 Å². The molecular weight excluding hydrogens is 162 g/mol. The van der Waals surface area contributed by atoms with E-state index in [9.17, 15) is 4.79 Å². The Kier molecular flexibility index (Phi) is 1.80. The first-order chi connectivity index (χ1) is 5.31. The van der Waals surface area contributed by atoms with Crippen LogP contribution in [0.25, 0.3) is 0 Å². The molecule has 1 saturated carbocycles. The van der Waals surface area contributed by atoms with Gasteiger partial charge in [0.15, 0.2) is 0 Å². The molecule has 2 fully saturated rings. The third-order valence-corrected chi connectivity index (χ3v) is 2.83. The topological polar surface area (TPSA) is 20.3 Å². The molecule has 0 aromatic rings. The fraction of sp³-hybridized carbons (Fsp3) is 0.875. The van der Waals surface area contributed by atoms with Crippen LogP contribution in [0.4, 0.5) is 0 Å². The van der Waals surface area contributed by atoms with Crippen LogP contribution in [0.15, 0.2) is 0 Å². The van der Waals surface area contributed by atoms with E-state index in [0.717, 1.165) is 24.9 Å². The van der Waals surface area contributed by atoms with Crippen LogP contribution in [0.1, 0.15) is 12.8 Å². The van der Waals surface area contributed by atoms with E-state index in [1.54, 1.807) is 0 Å². The fourth-order valence-electron chi connectivity index (χ4n) is 1.84. The van der Waals surface area contributed by atoms with Gasteiger partial charge in [0.25, 0.3) is 0 Å². The molecular formula is C8H12ClNO. The minimum absolute atomic E-state index is 0.243. The lowest BCUT2D eigenvalue weighted by Gasteiger charge is -2.16. The zero-order valence-electron chi connectivity index (χ0n) is 6.42. The summed E-state index contributed by atoms with van der Waals surface area (Å²) in [6.07, 6.45) is 1.87. The minimum Gasteiger partial charge on any atom is -0.342 e. The van der Waals surface area contributed by atoms with Crippen molar-refractivity contribution in [3.63, 3.8) is 0 Å². The Labute approximate surface area is 71.5 Å². The number of piperidine rings is 1. The predicted octanol–water partition coefficient (Wildman–Crippen LogP) is 1.09. The molecule has 1 amide bonds. The summed E-state index contributed by atoms with van der Waals surface area (Å²) in [4.78, 5) is 13.2. The van der Waals surface area contributed by atoms with Crippen LogP contribution in [0.5, 0.6) is 0 Å². The highest BCUT2D eigenvalue weighted by Crippen LogP contribution is 2.44. The first-order valence-electron chi connectivity index (χ1n) is 4.15. The molecule has 0 N–H and O–H groups in total. The highest BCUT2D eigenvalue weighted by molar-refractivity contribution is 6.18. The summed E-state index contributed by atoms with van der Waals surface area (Å²) < 4.78 is 0. The monoisotopic (exact) mass is 173 g/mol. The average molecular weight is 174 g/mol. The van der Waals surface area contributed by atoms with Crippen LogP contribution in [-0.4, -0.2) is 29.8 Å². The number of likely N-dealkylation sites (tertiary alicyclic amines) is 1. The van der Waals surface area contributed by atoms with E-state index in [2.05, 4.69) is 0 Å². The molecule has 1 heterocycles. The van der Waals surface area contributed by atoms with Crippen molar-refractivity contribution in [3.8, 4) is 0 Å². The SMILES string of the molecule is O=C(CCCl)N1CC2CC2C1. The minimum atomic E-state index is 0.243. The number of rotatable bonds is 2. The number of alkyl halides is 1. The first kappa shape index (κ1) is 7.41. The smallest absolute Gasteiger partial charge is 0.223 e. The van der Waals surface area contributed by atoms with Crippen LogP contribution in [-0.2, 0) is 4.79 Å². The molecule has 2 atom stereocenters. The Hall–Kier alpha value is -0.240. The van der Waals surface area contributed by atoms with E-state index in [4.69, 9.17) is 11.6 Å². The summed E-state index contributed by atoms with van der Waals surface area (Å²) in [7, 11) is 0. The van der Waals surface area contributed by atoms with E-state index in [1.165, 1.54) is 6.42 Å². The van der Waals surface area contributed by atoms with Gasteiger partial charge in [0.2, 0.25) is 5.91 Å². The lowest BCUT2D eigenvalue weighted by molar-refractivity contribution is -0.130. The average Bonchev–Trinajstić information content (AvgIpc) is 2.59. The highest BCUT2D eigenvalue weighted by atomic mass is 35.5. The molecule has 2 aliphatic rings. The van der Waals surface area contributed by atoms with Gasteiger partial charge in [-0.1, -0.05) is 0 Å². The highest BCUT2D eigenvalue weighted by Gasteiger charge is 2.46. The summed E-state index contributed by atoms with van der Waals surface area (Å²) in [5.41, 5.74) is 0. The molecule has 1 aliphatic heterocycles. The molecule has 2 nitrogen and oxygen atoms in total. The van der Waals surface area contributed by atoms with Gasteiger partial charge in [0.05, 0.1) is 0 Å². The molecule has 0 bridgehead atoms. The Morgan fingerprint density at radius 2 is 2.09 bits per heavy atom. The number of hydrogen-bond acceptors (Lipinski definition) is 1. The van der Waals surface area contributed by atoms with Crippen molar-refractivity contribution in [1.29, 1.82) is 0 Å². The number of carbonyl (C=O) groups is 1. The molecule has 11 heavy (non-hydrogen) atoms. The third kappa shape index (κ3) is 1.36. The number of carbonyl (C=O) groups excluding carboxylic acids is 1. The molecule has 0 spiro atoms. The van der Waals surface area contributed by atoms with Gasteiger partial charge in [-0.3, -0.25) is 4.79 Å². The van der Waals surface area contributed by atoms with Crippen molar-refractivity contribution in [2.75, 3.05) is 19.0 Å². The normalized spacial score (nSPS) is 33.7. The largest absolute Gasteiger partial charge is 0.342 e. The van der Waals surface area contributed by atoms with E-state index >= 15 is 0 Å². The van der Waals surface area contributed by atoms with Crippen LogP contribution < -0.4 is 0 Å². The summed E-state index contributed by atoms with van der Waals surface area (Å²) in [5.74, 6) is 2.39. The molecule has 2 unspecified atom stereocenters. The van der Waals surface area contributed by atoms with Gasteiger partial charge in [-0.2, -0.15) is 0 Å². The summed E-state index contributed by atoms with van der Waals surface area (Å²) in [6.45, 7) is 2.00. The zero-order chi connectivity index (χ0) is 7.84. The van der Waals surface area contributed by atoms with E-state index < -0.39 is 0 Å². The lowest BCUT2D eigenvalue weighted by Crippen LogP contribution is -2.30. The fourth-order valence-corrected chi connectivity index (χ4v) is 2.00. The third-order valence-electron chi connectivity index (χ3n) is 2.64. The second-order valence-electron chi connectivity index (χ2n) is 3.49. The van der Waals surface area contributed by atoms with Gasteiger partial charge in [-0.05, 0) is 18.3 Å². The molecule has 0 aromatic heterocycles. The maximum Gasteiger partial charge on any atom is 0.223 e. The Morgan fingerprint density at radius 1 is 1.45 bits per heavy atom. The Bertz CT molecular complexity index is 173. The zero-order valence-corrected chi connectivity index (χ0v) is 7.18. The maximum atomic E-state index is 11.3. The van der Waals surface area contributed by atoms with E-state index in [1.807, 2.05) is 4.90 Å². The van der Waals surface area contributed by atoms with Gasteiger partial charge in [-0.25, -0.2) is 0 Å². The number of halogens is 1. The first-order valence-corrected chi connectivity index (χ1v) is 4.68. The van der Waals surface area contributed by atoms with E-state index in [0.29, 0.717) is 12.3 Å². The van der Waals surface area contributed by atoms with Gasteiger partial charge < -0.3 is 4.90 Å². The maximum absolute atomic E-state index is 11.3. The van der Waals surface area contributed by atoms with Crippen LogP contribution in [0.3, 0.4) is 0 Å². The van der Waals surface area contributed by atoms with Gasteiger partial charge in [0.1, 0.15) is 0 Å². The predicted molar refractivity (Wildman–Crippen MR) is 43.5 cm³/mol. The Balaban J connectivity index is 1.82.